The van der Waals surface area contributed by atoms with Gasteiger partial charge in [-0.25, -0.2) is 4.98 Å². The van der Waals surface area contributed by atoms with Crippen LogP contribution in [0, 0.1) is 6.92 Å². The standard InChI is InChI=1S/C21H22ClN5O6S/c1-11-3-14(15-4-18(22)24-6-17(15)30-2)16(5-23-11)19(29)25-20-26-27-21(34-20)33-10-13-9-31-12(7-28)8-32-13/h3-6,12-13,28H,7-10H2,1-2H3,(H,25,26,29)/t12-,13+/m1/s1. The highest BCUT2D eigenvalue weighted by molar-refractivity contribution is 7.17. The summed E-state index contributed by atoms with van der Waals surface area (Å²) in [5, 5.41) is 20.5. The summed E-state index contributed by atoms with van der Waals surface area (Å²) in [6, 6.07) is 3.40. The molecule has 2 atom stereocenters. The van der Waals surface area contributed by atoms with E-state index in [1.165, 1.54) is 19.5 Å². The molecule has 0 unspecified atom stereocenters. The van der Waals surface area contributed by atoms with Crippen LogP contribution in [0.2, 0.25) is 5.15 Å². The molecule has 1 saturated heterocycles. The zero-order chi connectivity index (χ0) is 24.1. The number of hydrogen-bond acceptors (Lipinski definition) is 11. The molecule has 4 rings (SSSR count). The molecule has 13 heteroatoms. The maximum Gasteiger partial charge on any atom is 0.295 e. The van der Waals surface area contributed by atoms with Gasteiger partial charge in [0.1, 0.15) is 29.7 Å². The van der Waals surface area contributed by atoms with Crippen LogP contribution >= 0.6 is 22.9 Å². The minimum Gasteiger partial charge on any atom is -0.494 e. The first-order chi connectivity index (χ1) is 16.5. The van der Waals surface area contributed by atoms with Crippen molar-refractivity contribution in [3.63, 3.8) is 0 Å². The second-order valence-electron chi connectivity index (χ2n) is 7.31. The zero-order valence-electron chi connectivity index (χ0n) is 18.4. The average Bonchev–Trinajstić information content (AvgIpc) is 3.30. The molecule has 3 aromatic rings. The van der Waals surface area contributed by atoms with Crippen molar-refractivity contribution in [1.82, 2.24) is 20.2 Å². The van der Waals surface area contributed by atoms with Gasteiger partial charge in [0.15, 0.2) is 0 Å². The Balaban J connectivity index is 1.45. The average molecular weight is 508 g/mol. The molecule has 2 N–H and O–H groups in total. The second kappa shape index (κ2) is 11.0. The predicted molar refractivity (Wildman–Crippen MR) is 124 cm³/mol. The first kappa shape index (κ1) is 24.2. The fraction of sp³-hybridized carbons (Fsp3) is 0.381. The lowest BCUT2D eigenvalue weighted by molar-refractivity contribution is -0.152. The Morgan fingerprint density at radius 3 is 2.74 bits per heavy atom. The molecule has 0 aromatic carbocycles. The van der Waals surface area contributed by atoms with Gasteiger partial charge in [-0.15, -0.1) is 5.10 Å². The van der Waals surface area contributed by atoms with Gasteiger partial charge >= 0.3 is 0 Å². The maximum atomic E-state index is 13.1. The summed E-state index contributed by atoms with van der Waals surface area (Å²) >= 11 is 7.16. The number of rotatable bonds is 8. The van der Waals surface area contributed by atoms with Crippen LogP contribution in [0.25, 0.3) is 11.1 Å². The molecule has 1 amide bonds. The van der Waals surface area contributed by atoms with E-state index in [2.05, 4.69) is 25.5 Å². The predicted octanol–water partition coefficient (Wildman–Crippen LogP) is 2.37. The molecule has 1 aliphatic rings. The topological polar surface area (TPSA) is 138 Å². The Hall–Kier alpha value is -2.90. The third kappa shape index (κ3) is 5.77. The van der Waals surface area contributed by atoms with Crippen LogP contribution in [0.4, 0.5) is 5.13 Å². The molecule has 0 spiro atoms. The van der Waals surface area contributed by atoms with E-state index in [0.29, 0.717) is 41.3 Å². The molecule has 1 aliphatic heterocycles. The first-order valence-electron chi connectivity index (χ1n) is 10.2. The minimum absolute atomic E-state index is 0.0910. The summed E-state index contributed by atoms with van der Waals surface area (Å²) in [4.78, 5) is 21.4. The van der Waals surface area contributed by atoms with Crippen molar-refractivity contribution >= 4 is 34.0 Å². The van der Waals surface area contributed by atoms with E-state index in [4.69, 9.17) is 35.7 Å². The number of nitrogens with zero attached hydrogens (tertiary/aromatic N) is 4. The third-order valence-electron chi connectivity index (χ3n) is 4.89. The molecule has 4 heterocycles. The van der Waals surface area contributed by atoms with Crippen molar-refractivity contribution in [2.75, 3.05) is 38.9 Å². The number of halogens is 1. The molecule has 3 aromatic heterocycles. The fourth-order valence-corrected chi connectivity index (χ4v) is 3.94. The van der Waals surface area contributed by atoms with Gasteiger partial charge in [0.25, 0.3) is 11.1 Å². The van der Waals surface area contributed by atoms with Crippen molar-refractivity contribution in [1.29, 1.82) is 0 Å². The molecule has 0 bridgehead atoms. The Bertz CT molecular complexity index is 1150. The normalized spacial score (nSPS) is 17.9. The summed E-state index contributed by atoms with van der Waals surface area (Å²) in [5.74, 6) is 0.0362. The van der Waals surface area contributed by atoms with Crippen molar-refractivity contribution in [3.05, 3.63) is 40.9 Å². The van der Waals surface area contributed by atoms with Gasteiger partial charge in [-0.05, 0) is 30.4 Å². The lowest BCUT2D eigenvalue weighted by Gasteiger charge is -2.27. The van der Waals surface area contributed by atoms with E-state index in [-0.39, 0.29) is 40.9 Å². The number of aryl methyl sites for hydroxylation is 1. The van der Waals surface area contributed by atoms with Gasteiger partial charge in [0.05, 0.1) is 38.7 Å². The molecule has 0 radical (unpaired) electrons. The number of aliphatic hydroxyl groups excluding tert-OH is 1. The Kier molecular flexibility index (Phi) is 7.85. The maximum absolute atomic E-state index is 13.1. The van der Waals surface area contributed by atoms with E-state index < -0.39 is 5.91 Å². The SMILES string of the molecule is COc1cnc(Cl)cc1-c1cc(C)ncc1C(=O)Nc1nnc(OC[C@@H]2CO[C@H](CO)CO2)s1. The van der Waals surface area contributed by atoms with Crippen LogP contribution in [0.1, 0.15) is 16.1 Å². The third-order valence-corrected chi connectivity index (χ3v) is 5.85. The minimum atomic E-state index is -0.431. The zero-order valence-corrected chi connectivity index (χ0v) is 19.9. The Morgan fingerprint density at radius 2 is 2.00 bits per heavy atom. The number of amides is 1. The van der Waals surface area contributed by atoms with Crippen LogP contribution in [0.5, 0.6) is 10.9 Å². The van der Waals surface area contributed by atoms with Crippen molar-refractivity contribution in [2.24, 2.45) is 0 Å². The van der Waals surface area contributed by atoms with Gasteiger partial charge in [-0.1, -0.05) is 16.7 Å². The molecule has 34 heavy (non-hydrogen) atoms. The molecular formula is C21H22ClN5O6S. The number of carbonyl (C=O) groups is 1. The lowest BCUT2D eigenvalue weighted by Crippen LogP contribution is -2.40. The van der Waals surface area contributed by atoms with Crippen LogP contribution in [0.15, 0.2) is 24.5 Å². The van der Waals surface area contributed by atoms with Gasteiger partial charge in [0, 0.05) is 23.0 Å². The second-order valence-corrected chi connectivity index (χ2v) is 8.64. The first-order valence-corrected chi connectivity index (χ1v) is 11.4. The number of ether oxygens (including phenoxy) is 4. The molecule has 0 saturated carbocycles. The lowest BCUT2D eigenvalue weighted by atomic mass is 10.0. The van der Waals surface area contributed by atoms with E-state index >= 15 is 0 Å². The van der Waals surface area contributed by atoms with Crippen molar-refractivity contribution < 1.29 is 28.8 Å². The van der Waals surface area contributed by atoms with Crippen molar-refractivity contribution in [3.8, 4) is 22.1 Å². The quantitative estimate of drug-likeness (QED) is 0.437. The van der Waals surface area contributed by atoms with E-state index in [1.54, 1.807) is 12.1 Å². The molecule has 1 fully saturated rings. The van der Waals surface area contributed by atoms with Gasteiger partial charge < -0.3 is 24.1 Å². The Morgan fingerprint density at radius 1 is 1.21 bits per heavy atom. The van der Waals surface area contributed by atoms with E-state index in [1.807, 2.05) is 6.92 Å². The van der Waals surface area contributed by atoms with E-state index in [0.717, 1.165) is 11.3 Å². The van der Waals surface area contributed by atoms with Gasteiger partial charge in [0.2, 0.25) is 5.13 Å². The summed E-state index contributed by atoms with van der Waals surface area (Å²) in [6.45, 7) is 2.53. The fourth-order valence-electron chi connectivity index (χ4n) is 3.19. The van der Waals surface area contributed by atoms with Gasteiger partial charge in [-0.3, -0.25) is 15.1 Å². The van der Waals surface area contributed by atoms with Crippen LogP contribution in [-0.2, 0) is 9.47 Å². The largest absolute Gasteiger partial charge is 0.494 e. The van der Waals surface area contributed by atoms with Crippen molar-refractivity contribution in [2.45, 2.75) is 19.1 Å². The number of carbonyl (C=O) groups excluding carboxylic acids is 1. The molecule has 11 nitrogen and oxygen atoms in total. The summed E-state index contributed by atoms with van der Waals surface area (Å²) in [5.41, 5.74) is 2.21. The number of aliphatic hydroxyl groups is 1. The molecule has 0 aliphatic carbocycles. The number of pyridine rings is 2. The highest BCUT2D eigenvalue weighted by atomic mass is 35.5. The van der Waals surface area contributed by atoms with Gasteiger partial charge in [-0.2, -0.15) is 0 Å². The number of hydrogen-bond donors (Lipinski definition) is 2. The summed E-state index contributed by atoms with van der Waals surface area (Å²) in [6.07, 6.45) is 2.37. The smallest absolute Gasteiger partial charge is 0.295 e. The van der Waals surface area contributed by atoms with Crippen LogP contribution in [-0.4, -0.2) is 76.9 Å². The summed E-state index contributed by atoms with van der Waals surface area (Å²) < 4.78 is 22.0. The van der Waals surface area contributed by atoms with Crippen LogP contribution < -0.4 is 14.8 Å². The summed E-state index contributed by atoms with van der Waals surface area (Å²) in [7, 11) is 1.51. The number of anilines is 1. The highest BCUT2D eigenvalue weighted by Gasteiger charge is 2.23. The van der Waals surface area contributed by atoms with Crippen LogP contribution in [0.3, 0.4) is 0 Å². The molecule has 180 valence electrons. The highest BCUT2D eigenvalue weighted by Crippen LogP contribution is 2.34. The number of aromatic nitrogens is 4. The Labute approximate surface area is 204 Å². The number of nitrogens with one attached hydrogen (secondary N) is 1. The molecular weight excluding hydrogens is 486 g/mol. The number of methoxy groups -OCH3 is 1. The monoisotopic (exact) mass is 507 g/mol. The van der Waals surface area contributed by atoms with E-state index in [9.17, 15) is 4.79 Å².